The molecule has 2 nitrogen and oxygen atoms in total. The van der Waals surface area contributed by atoms with Crippen LogP contribution in [0.3, 0.4) is 0 Å². The Morgan fingerprint density at radius 2 is 1.12 bits per heavy atom. The van der Waals surface area contributed by atoms with Gasteiger partial charge in [-0.25, -0.2) is 0 Å². The standard InChI is InChI=1S/C72H58N2/c1-3-73(53-20-6-4-7-21-53)66-37-32-48(40-59(66)45-16-10-11-17-45)50-30-34-55-56-35-31-51(49-33-38-67-60(41-49)61-26-15-39-71(61,2)74(67)54-22-8-5-9-23-54)43-64(56)72(63(55)42-50)62-25-13-12-24-57(62)70-58-36-29-47-19-14-18-46-27-28-52(44-65(70)72)69(58)68(46)47/h4-9,12-14,18-25,27-38,40-45,61H,3,10-11,15-17,26,39H2,1-2H3. The predicted molar refractivity (Wildman–Crippen MR) is 311 cm³/mol. The molecule has 2 fully saturated rings. The van der Waals surface area contributed by atoms with Crippen LogP contribution >= 0.6 is 0 Å². The molecule has 74 heavy (non-hydrogen) atoms. The molecule has 4 aliphatic carbocycles. The summed E-state index contributed by atoms with van der Waals surface area (Å²) in [6.45, 7) is 5.73. The molecular formula is C72H58N2. The first-order valence-corrected chi connectivity index (χ1v) is 27.6. The van der Waals surface area contributed by atoms with Gasteiger partial charge >= 0.3 is 0 Å². The lowest BCUT2D eigenvalue weighted by Crippen LogP contribution is -2.40. The summed E-state index contributed by atoms with van der Waals surface area (Å²) in [7, 11) is 0. The Bertz CT molecular complexity index is 4070. The lowest BCUT2D eigenvalue weighted by Gasteiger charge is -2.37. The Morgan fingerprint density at radius 3 is 1.86 bits per heavy atom. The highest BCUT2D eigenvalue weighted by Crippen LogP contribution is 2.66. The van der Waals surface area contributed by atoms with Crippen molar-refractivity contribution in [3.05, 3.63) is 240 Å². The average Bonchev–Trinajstić information content (AvgIpc) is 4.36. The Morgan fingerprint density at radius 1 is 0.486 bits per heavy atom. The second-order valence-electron chi connectivity index (χ2n) is 22.6. The Labute approximate surface area is 434 Å². The molecule has 0 aromatic heterocycles. The van der Waals surface area contributed by atoms with Crippen molar-refractivity contribution in [1.82, 2.24) is 0 Å². The van der Waals surface area contributed by atoms with E-state index in [1.807, 2.05) is 0 Å². The molecule has 1 spiro atoms. The van der Waals surface area contributed by atoms with E-state index in [9.17, 15) is 0 Å². The van der Waals surface area contributed by atoms with E-state index in [1.54, 1.807) is 0 Å². The zero-order valence-corrected chi connectivity index (χ0v) is 42.3. The second kappa shape index (κ2) is 15.8. The Balaban J connectivity index is 0.928. The summed E-state index contributed by atoms with van der Waals surface area (Å²) in [5.41, 5.74) is 24.0. The van der Waals surface area contributed by atoms with E-state index in [4.69, 9.17) is 0 Å². The number of hydrogen-bond acceptors (Lipinski definition) is 2. The fourth-order valence-corrected chi connectivity index (χ4v) is 15.9. The molecule has 0 radical (unpaired) electrons. The molecule has 3 atom stereocenters. The van der Waals surface area contributed by atoms with Crippen molar-refractivity contribution in [2.75, 3.05) is 16.3 Å². The van der Waals surface area contributed by atoms with E-state index in [-0.39, 0.29) is 5.54 Å². The van der Waals surface area contributed by atoms with Gasteiger partial charge in [0.2, 0.25) is 0 Å². The Hall–Kier alpha value is -7.94. The van der Waals surface area contributed by atoms with E-state index < -0.39 is 5.41 Å². The topological polar surface area (TPSA) is 6.48 Å². The summed E-state index contributed by atoms with van der Waals surface area (Å²) in [4.78, 5) is 5.20. The highest BCUT2D eigenvalue weighted by molar-refractivity contribution is 6.27. The number of hydrogen-bond donors (Lipinski definition) is 0. The molecule has 11 aromatic rings. The van der Waals surface area contributed by atoms with Crippen LogP contribution in [0.2, 0.25) is 0 Å². The van der Waals surface area contributed by atoms with Crippen LogP contribution in [0.15, 0.2) is 206 Å². The third-order valence-electron chi connectivity index (χ3n) is 19.0. The molecular weight excluding hydrogens is 893 g/mol. The van der Waals surface area contributed by atoms with Gasteiger partial charge in [0.25, 0.3) is 0 Å². The quantitative estimate of drug-likeness (QED) is 0.147. The largest absolute Gasteiger partial charge is 0.342 e. The van der Waals surface area contributed by atoms with Gasteiger partial charge in [-0.2, -0.15) is 0 Å². The normalized spacial score (nSPS) is 20.1. The number of benzene rings is 11. The van der Waals surface area contributed by atoms with E-state index in [1.165, 1.54) is 178 Å². The number of nitrogens with zero attached hydrogens (tertiary/aromatic N) is 2. The molecule has 2 saturated carbocycles. The van der Waals surface area contributed by atoms with E-state index in [2.05, 4.69) is 230 Å². The first-order chi connectivity index (χ1) is 36.5. The number of anilines is 4. The summed E-state index contributed by atoms with van der Waals surface area (Å²) < 4.78 is 0. The van der Waals surface area contributed by atoms with Crippen molar-refractivity contribution in [1.29, 1.82) is 0 Å². The highest BCUT2D eigenvalue weighted by atomic mass is 15.2. The van der Waals surface area contributed by atoms with Gasteiger partial charge in [-0.1, -0.05) is 159 Å². The third-order valence-corrected chi connectivity index (χ3v) is 19.0. The number of para-hydroxylation sites is 2. The van der Waals surface area contributed by atoms with Crippen LogP contribution in [-0.2, 0) is 5.41 Å². The summed E-state index contributed by atoms with van der Waals surface area (Å²) in [6.07, 6.45) is 8.78. The first kappa shape index (κ1) is 42.6. The first-order valence-electron chi connectivity index (χ1n) is 27.6. The molecule has 1 heterocycles. The van der Waals surface area contributed by atoms with Crippen molar-refractivity contribution in [3.8, 4) is 44.5 Å². The van der Waals surface area contributed by atoms with Crippen molar-refractivity contribution in [2.45, 2.75) is 81.6 Å². The fraction of sp³-hybridized carbons (Fsp3) is 0.194. The van der Waals surface area contributed by atoms with Crippen molar-refractivity contribution >= 4 is 55.1 Å². The summed E-state index contributed by atoms with van der Waals surface area (Å²) in [5, 5.41) is 8.03. The van der Waals surface area contributed by atoms with Crippen LogP contribution in [-0.4, -0.2) is 12.1 Å². The molecule has 3 unspecified atom stereocenters. The number of fused-ring (bicyclic) bond motifs is 14. The maximum absolute atomic E-state index is 2.67. The zero-order chi connectivity index (χ0) is 48.9. The molecule has 0 N–H and O–H groups in total. The van der Waals surface area contributed by atoms with Crippen LogP contribution in [0.1, 0.15) is 104 Å². The predicted octanol–water partition coefficient (Wildman–Crippen LogP) is 19.3. The van der Waals surface area contributed by atoms with E-state index >= 15 is 0 Å². The minimum Gasteiger partial charge on any atom is -0.342 e. The van der Waals surface area contributed by atoms with Gasteiger partial charge in [0.15, 0.2) is 0 Å². The van der Waals surface area contributed by atoms with Crippen molar-refractivity contribution < 1.29 is 0 Å². The zero-order valence-electron chi connectivity index (χ0n) is 42.3. The lowest BCUT2D eigenvalue weighted by atomic mass is 9.69. The van der Waals surface area contributed by atoms with Gasteiger partial charge in [-0.05, 0) is 222 Å². The SMILES string of the molecule is CCN(c1ccccc1)c1ccc(-c2ccc3c(c2)C2(c4cc(-c5ccc6c(c5)C5CCCC5(C)N6c5ccccc5)ccc4-3)c3ccccc3-c3c2cc2ccc4cccc5ccc3c2c45)cc1C1CCCC1. The van der Waals surface area contributed by atoms with E-state index in [0.717, 1.165) is 6.54 Å². The molecule has 0 bridgehead atoms. The number of rotatable bonds is 7. The van der Waals surface area contributed by atoms with Crippen LogP contribution in [0.5, 0.6) is 0 Å². The molecule has 2 heteroatoms. The van der Waals surface area contributed by atoms with Gasteiger partial charge in [-0.15, -0.1) is 0 Å². The Kier molecular flexibility index (Phi) is 9.08. The van der Waals surface area contributed by atoms with Crippen LogP contribution < -0.4 is 9.80 Å². The molecule has 1 aliphatic heterocycles. The summed E-state index contributed by atoms with van der Waals surface area (Å²) >= 11 is 0. The minimum atomic E-state index is -0.543. The molecule has 0 saturated heterocycles. The molecule has 16 rings (SSSR count). The van der Waals surface area contributed by atoms with Crippen molar-refractivity contribution in [2.24, 2.45) is 0 Å². The fourth-order valence-electron chi connectivity index (χ4n) is 15.9. The highest BCUT2D eigenvalue weighted by Gasteiger charge is 2.54. The van der Waals surface area contributed by atoms with Gasteiger partial charge in [0.1, 0.15) is 0 Å². The van der Waals surface area contributed by atoms with Crippen LogP contribution in [0.4, 0.5) is 22.7 Å². The van der Waals surface area contributed by atoms with E-state index in [0.29, 0.717) is 11.8 Å². The van der Waals surface area contributed by atoms with Gasteiger partial charge in [0, 0.05) is 40.8 Å². The second-order valence-corrected chi connectivity index (χ2v) is 22.6. The molecule has 11 aromatic carbocycles. The smallest absolute Gasteiger partial charge is 0.0726 e. The van der Waals surface area contributed by atoms with Crippen LogP contribution in [0, 0.1) is 0 Å². The summed E-state index contributed by atoms with van der Waals surface area (Å²) in [5.74, 6) is 1.05. The molecule has 5 aliphatic rings. The van der Waals surface area contributed by atoms with Gasteiger partial charge in [0.05, 0.1) is 5.41 Å². The van der Waals surface area contributed by atoms with Crippen LogP contribution in [0.25, 0.3) is 76.8 Å². The summed E-state index contributed by atoms with van der Waals surface area (Å²) in [6, 6.07) is 80.4. The third kappa shape index (κ3) is 5.72. The lowest BCUT2D eigenvalue weighted by molar-refractivity contribution is 0.451. The maximum Gasteiger partial charge on any atom is 0.0726 e. The monoisotopic (exact) mass is 950 g/mol. The molecule has 0 amide bonds. The minimum absolute atomic E-state index is 0.0694. The van der Waals surface area contributed by atoms with Gasteiger partial charge in [-0.3, -0.25) is 0 Å². The molecule has 356 valence electrons. The average molecular weight is 951 g/mol. The van der Waals surface area contributed by atoms with Crippen molar-refractivity contribution in [3.63, 3.8) is 0 Å². The maximum atomic E-state index is 2.67. The van der Waals surface area contributed by atoms with Gasteiger partial charge < -0.3 is 9.80 Å².